The third-order valence-corrected chi connectivity index (χ3v) is 3.72. The molecule has 6 nitrogen and oxygen atoms in total. The van der Waals surface area contributed by atoms with E-state index in [1.54, 1.807) is 29.6 Å². The van der Waals surface area contributed by atoms with Crippen molar-refractivity contribution < 1.29 is 14.6 Å². The number of ether oxygens (including phenoxy) is 1. The van der Waals surface area contributed by atoms with Crippen molar-refractivity contribution in [3.8, 4) is 17.0 Å². The lowest BCUT2D eigenvalue weighted by atomic mass is 10.1. The minimum atomic E-state index is -1.09. The fraction of sp³-hybridized carbons (Fsp3) is 0.357. The number of para-hydroxylation sites is 1. The van der Waals surface area contributed by atoms with Crippen LogP contribution in [-0.2, 0) is 6.54 Å². The molecule has 1 aromatic heterocycles. The Morgan fingerprint density at radius 3 is 2.86 bits per heavy atom. The first kappa shape index (κ1) is 15.4. The summed E-state index contributed by atoms with van der Waals surface area (Å²) in [6, 6.07) is 7.28. The smallest absolute Gasteiger partial charge is 0.358 e. The highest BCUT2D eigenvalue weighted by Crippen LogP contribution is 2.31. The summed E-state index contributed by atoms with van der Waals surface area (Å²) in [6.07, 6.45) is 2.93. The Bertz CT molecular complexity index is 628. The predicted molar refractivity (Wildman–Crippen MR) is 82.0 cm³/mol. The average Bonchev–Trinajstić information content (AvgIpc) is 2.91. The van der Waals surface area contributed by atoms with Crippen LogP contribution in [0.2, 0.25) is 0 Å². The molecule has 2 aromatic rings. The SMILES string of the molecule is COc1ccccc1-c1c(C(=O)O)nnn1CCCSC. The van der Waals surface area contributed by atoms with Crippen molar-refractivity contribution in [2.75, 3.05) is 19.1 Å². The van der Waals surface area contributed by atoms with Crippen molar-refractivity contribution in [1.82, 2.24) is 15.0 Å². The zero-order valence-electron chi connectivity index (χ0n) is 11.9. The van der Waals surface area contributed by atoms with Crippen LogP contribution < -0.4 is 4.74 Å². The molecule has 0 bridgehead atoms. The van der Waals surface area contributed by atoms with Crippen LogP contribution in [0.15, 0.2) is 24.3 Å². The Morgan fingerprint density at radius 1 is 1.43 bits per heavy atom. The molecule has 0 aliphatic heterocycles. The highest BCUT2D eigenvalue weighted by Gasteiger charge is 2.22. The van der Waals surface area contributed by atoms with Crippen molar-refractivity contribution in [3.63, 3.8) is 0 Å². The number of aryl methyl sites for hydroxylation is 1. The lowest BCUT2D eigenvalue weighted by molar-refractivity contribution is 0.0691. The molecule has 0 spiro atoms. The Kier molecular flexibility index (Phi) is 5.21. The van der Waals surface area contributed by atoms with E-state index in [-0.39, 0.29) is 5.69 Å². The molecule has 0 unspecified atom stereocenters. The van der Waals surface area contributed by atoms with E-state index in [0.29, 0.717) is 23.6 Å². The lowest BCUT2D eigenvalue weighted by Gasteiger charge is -2.10. The molecule has 0 saturated carbocycles. The maximum Gasteiger partial charge on any atom is 0.358 e. The molecule has 0 fully saturated rings. The Morgan fingerprint density at radius 2 is 2.19 bits per heavy atom. The molecule has 1 heterocycles. The number of methoxy groups -OCH3 is 1. The average molecular weight is 307 g/mol. The second-order valence-corrected chi connectivity index (χ2v) is 5.35. The molecular formula is C14H17N3O3S. The summed E-state index contributed by atoms with van der Waals surface area (Å²) < 4.78 is 6.96. The fourth-order valence-electron chi connectivity index (χ4n) is 2.08. The Balaban J connectivity index is 2.48. The molecule has 1 aromatic carbocycles. The first-order valence-corrected chi connectivity index (χ1v) is 7.87. The zero-order valence-corrected chi connectivity index (χ0v) is 12.8. The second kappa shape index (κ2) is 7.12. The van der Waals surface area contributed by atoms with Gasteiger partial charge in [-0.15, -0.1) is 5.10 Å². The van der Waals surface area contributed by atoms with Gasteiger partial charge in [-0.3, -0.25) is 0 Å². The maximum atomic E-state index is 11.4. The van der Waals surface area contributed by atoms with E-state index >= 15 is 0 Å². The first-order chi connectivity index (χ1) is 10.2. The number of benzene rings is 1. The van der Waals surface area contributed by atoms with Gasteiger partial charge in [-0.2, -0.15) is 11.8 Å². The number of carbonyl (C=O) groups is 1. The van der Waals surface area contributed by atoms with Gasteiger partial charge in [-0.05, 0) is 30.6 Å². The van der Waals surface area contributed by atoms with Crippen molar-refractivity contribution in [1.29, 1.82) is 0 Å². The van der Waals surface area contributed by atoms with Gasteiger partial charge in [-0.25, -0.2) is 9.48 Å². The van der Waals surface area contributed by atoms with Crippen LogP contribution in [0.5, 0.6) is 5.75 Å². The normalized spacial score (nSPS) is 10.6. The summed E-state index contributed by atoms with van der Waals surface area (Å²) in [5.41, 5.74) is 1.12. The van der Waals surface area contributed by atoms with Gasteiger partial charge in [0.15, 0.2) is 5.69 Å². The summed E-state index contributed by atoms with van der Waals surface area (Å²) in [6.45, 7) is 0.620. The molecular weight excluding hydrogens is 290 g/mol. The molecule has 2 rings (SSSR count). The monoisotopic (exact) mass is 307 g/mol. The fourth-order valence-corrected chi connectivity index (χ4v) is 2.50. The summed E-state index contributed by atoms with van der Waals surface area (Å²) in [4.78, 5) is 11.4. The third-order valence-electron chi connectivity index (χ3n) is 3.02. The van der Waals surface area contributed by atoms with Crippen LogP contribution in [0.1, 0.15) is 16.9 Å². The van der Waals surface area contributed by atoms with Crippen LogP contribution >= 0.6 is 11.8 Å². The van der Waals surface area contributed by atoms with Gasteiger partial charge in [0.25, 0.3) is 0 Å². The number of carboxylic acids is 1. The molecule has 0 aliphatic rings. The van der Waals surface area contributed by atoms with Gasteiger partial charge >= 0.3 is 5.97 Å². The molecule has 0 saturated heterocycles. The number of thioether (sulfide) groups is 1. The van der Waals surface area contributed by atoms with Crippen molar-refractivity contribution in [2.45, 2.75) is 13.0 Å². The first-order valence-electron chi connectivity index (χ1n) is 6.48. The molecule has 1 N–H and O–H groups in total. The molecule has 0 amide bonds. The van der Waals surface area contributed by atoms with E-state index in [9.17, 15) is 9.90 Å². The number of hydrogen-bond donors (Lipinski definition) is 1. The van der Waals surface area contributed by atoms with Crippen LogP contribution in [-0.4, -0.2) is 45.2 Å². The second-order valence-electron chi connectivity index (χ2n) is 4.36. The van der Waals surface area contributed by atoms with Gasteiger partial charge in [0.05, 0.1) is 7.11 Å². The van der Waals surface area contributed by atoms with E-state index in [0.717, 1.165) is 12.2 Å². The van der Waals surface area contributed by atoms with Crippen LogP contribution in [0.25, 0.3) is 11.3 Å². The lowest BCUT2D eigenvalue weighted by Crippen LogP contribution is -2.06. The standard InChI is InChI=1S/C14H17N3O3S/c1-20-11-7-4-3-6-10(11)13-12(14(18)19)15-16-17(13)8-5-9-21-2/h3-4,6-7H,5,8-9H2,1-2H3,(H,18,19). The van der Waals surface area contributed by atoms with E-state index in [1.165, 1.54) is 0 Å². The predicted octanol–water partition coefficient (Wildman–Crippen LogP) is 2.41. The van der Waals surface area contributed by atoms with Crippen molar-refractivity contribution in [2.24, 2.45) is 0 Å². The van der Waals surface area contributed by atoms with Crippen molar-refractivity contribution in [3.05, 3.63) is 30.0 Å². The topological polar surface area (TPSA) is 77.2 Å². The highest BCUT2D eigenvalue weighted by atomic mass is 32.2. The Labute approximate surface area is 127 Å². The maximum absolute atomic E-state index is 11.4. The molecule has 112 valence electrons. The van der Waals surface area contributed by atoms with Gasteiger partial charge in [0.1, 0.15) is 11.4 Å². The Hall–Kier alpha value is -2.02. The quantitative estimate of drug-likeness (QED) is 0.792. The van der Waals surface area contributed by atoms with E-state index in [4.69, 9.17) is 4.74 Å². The number of hydrogen-bond acceptors (Lipinski definition) is 5. The third kappa shape index (κ3) is 3.36. The van der Waals surface area contributed by atoms with E-state index < -0.39 is 5.97 Å². The number of rotatable bonds is 7. The van der Waals surface area contributed by atoms with Crippen molar-refractivity contribution >= 4 is 17.7 Å². The molecule has 0 atom stereocenters. The van der Waals surface area contributed by atoms with Crippen LogP contribution in [0.4, 0.5) is 0 Å². The highest BCUT2D eigenvalue weighted by molar-refractivity contribution is 7.98. The van der Waals surface area contributed by atoms with Gasteiger partial charge in [0.2, 0.25) is 0 Å². The number of aromatic carboxylic acids is 1. The largest absolute Gasteiger partial charge is 0.496 e. The minimum Gasteiger partial charge on any atom is -0.496 e. The minimum absolute atomic E-state index is 0.0522. The van der Waals surface area contributed by atoms with Gasteiger partial charge < -0.3 is 9.84 Å². The van der Waals surface area contributed by atoms with Gasteiger partial charge in [0, 0.05) is 12.1 Å². The molecule has 7 heteroatoms. The molecule has 0 radical (unpaired) electrons. The van der Waals surface area contributed by atoms with E-state index in [1.807, 2.05) is 24.5 Å². The number of carboxylic acid groups (broad SMARTS) is 1. The number of aromatic nitrogens is 3. The number of nitrogens with zero attached hydrogens (tertiary/aromatic N) is 3. The molecule has 21 heavy (non-hydrogen) atoms. The summed E-state index contributed by atoms with van der Waals surface area (Å²) in [7, 11) is 1.56. The van der Waals surface area contributed by atoms with E-state index in [2.05, 4.69) is 10.3 Å². The van der Waals surface area contributed by atoms with Crippen LogP contribution in [0, 0.1) is 0 Å². The zero-order chi connectivity index (χ0) is 15.2. The summed E-state index contributed by atoms with van der Waals surface area (Å²) in [5.74, 6) is 0.494. The molecule has 0 aliphatic carbocycles. The summed E-state index contributed by atoms with van der Waals surface area (Å²) in [5, 5.41) is 17.1. The summed E-state index contributed by atoms with van der Waals surface area (Å²) >= 11 is 1.74. The van der Waals surface area contributed by atoms with Crippen LogP contribution in [0.3, 0.4) is 0 Å². The van der Waals surface area contributed by atoms with Gasteiger partial charge in [-0.1, -0.05) is 17.3 Å².